The first-order valence-corrected chi connectivity index (χ1v) is 27.9. The first-order valence-electron chi connectivity index (χ1n) is 27.9. The van der Waals surface area contributed by atoms with Crippen molar-refractivity contribution in [2.45, 2.75) is 302 Å². The molecule has 0 aromatic carbocycles. The van der Waals surface area contributed by atoms with Crippen molar-refractivity contribution < 1.29 is 24.5 Å². The van der Waals surface area contributed by atoms with Gasteiger partial charge in [0.25, 0.3) is 0 Å². The average molecular weight is 898 g/mol. The Bertz CT molecular complexity index is 1100. The number of aliphatic hydroxyl groups excluding tert-OH is 2. The molecule has 3 unspecified atom stereocenters. The Morgan fingerprint density at radius 3 is 1.28 bits per heavy atom. The van der Waals surface area contributed by atoms with Crippen LogP contribution in [-0.4, -0.2) is 46.9 Å². The molecule has 0 spiro atoms. The van der Waals surface area contributed by atoms with Gasteiger partial charge in [0, 0.05) is 6.42 Å². The van der Waals surface area contributed by atoms with Gasteiger partial charge in [-0.15, -0.1) is 0 Å². The minimum Gasteiger partial charge on any atom is -0.462 e. The second-order valence-electron chi connectivity index (χ2n) is 19.1. The molecule has 3 N–H and O–H groups in total. The second kappa shape index (κ2) is 51.8. The van der Waals surface area contributed by atoms with E-state index >= 15 is 0 Å². The number of nitrogens with one attached hydrogen (secondary N) is 1. The van der Waals surface area contributed by atoms with E-state index in [1.54, 1.807) is 0 Å². The molecular weight excluding hydrogens is 791 g/mol. The molecule has 0 aromatic rings. The molecule has 0 aliphatic heterocycles. The summed E-state index contributed by atoms with van der Waals surface area (Å²) in [6.45, 7) is 6.36. The Labute approximate surface area is 397 Å². The summed E-state index contributed by atoms with van der Waals surface area (Å²) in [5.41, 5.74) is 0. The summed E-state index contributed by atoms with van der Waals surface area (Å²) < 4.78 is 5.93. The van der Waals surface area contributed by atoms with Crippen molar-refractivity contribution in [3.8, 4) is 0 Å². The Morgan fingerprint density at radius 2 is 0.844 bits per heavy atom. The largest absolute Gasteiger partial charge is 0.462 e. The number of aliphatic hydroxyl groups is 2. The Kier molecular flexibility index (Phi) is 50.0. The van der Waals surface area contributed by atoms with Crippen molar-refractivity contribution in [2.24, 2.45) is 0 Å². The van der Waals surface area contributed by atoms with Gasteiger partial charge < -0.3 is 20.3 Å². The molecule has 0 aromatic heterocycles. The molecular formula is C58H107NO5. The maximum Gasteiger partial charge on any atom is 0.306 e. The summed E-state index contributed by atoms with van der Waals surface area (Å²) >= 11 is 0. The number of rotatable bonds is 50. The van der Waals surface area contributed by atoms with Crippen LogP contribution in [-0.2, 0) is 14.3 Å². The topological polar surface area (TPSA) is 95.9 Å². The van der Waals surface area contributed by atoms with E-state index in [1.807, 2.05) is 24.3 Å². The van der Waals surface area contributed by atoms with Gasteiger partial charge in [-0.25, -0.2) is 0 Å². The van der Waals surface area contributed by atoms with Crippen LogP contribution in [0.15, 0.2) is 48.6 Å². The monoisotopic (exact) mass is 898 g/mol. The van der Waals surface area contributed by atoms with Crippen LogP contribution < -0.4 is 5.32 Å². The predicted octanol–water partition coefficient (Wildman–Crippen LogP) is 17.0. The standard InChI is InChI=1S/C58H107NO5/c1-4-7-10-13-16-19-22-25-27-28-30-32-35-38-41-44-47-50-56(61)55(53-60)59-57(62)52-54(49-46-43-40-37-34-31-24-21-18-15-12-9-6-3)64-58(63)51-48-45-42-39-36-33-29-26-23-20-17-14-11-8-5-2/h9,12,15,18,21,24,31,34,54-56,60-61H,4-8,10-11,13-14,16-17,19-20,22-23,25-30,32-33,35-53H2,1-3H3,(H,59,62)/b12-9+,18-15+,24-21+,34-31-. The number of esters is 1. The van der Waals surface area contributed by atoms with E-state index in [-0.39, 0.29) is 24.9 Å². The number of carbonyl (C=O) groups excluding carboxylic acids is 2. The Morgan fingerprint density at radius 1 is 0.469 bits per heavy atom. The van der Waals surface area contributed by atoms with Crippen LogP contribution >= 0.6 is 0 Å². The highest BCUT2D eigenvalue weighted by atomic mass is 16.5. The number of carbonyl (C=O) groups is 2. The van der Waals surface area contributed by atoms with Gasteiger partial charge in [-0.3, -0.25) is 9.59 Å². The summed E-state index contributed by atoms with van der Waals surface area (Å²) in [4.78, 5) is 26.2. The lowest BCUT2D eigenvalue weighted by Gasteiger charge is -2.24. The third kappa shape index (κ3) is 46.4. The molecule has 0 heterocycles. The van der Waals surface area contributed by atoms with Crippen molar-refractivity contribution in [1.29, 1.82) is 0 Å². The molecule has 0 aliphatic rings. The summed E-state index contributed by atoms with van der Waals surface area (Å²) in [7, 11) is 0. The van der Waals surface area contributed by atoms with Crippen molar-refractivity contribution in [1.82, 2.24) is 5.32 Å². The Balaban J connectivity index is 4.53. The maximum atomic E-state index is 13.2. The van der Waals surface area contributed by atoms with Gasteiger partial charge in [0.05, 0.1) is 25.2 Å². The van der Waals surface area contributed by atoms with E-state index < -0.39 is 18.2 Å². The van der Waals surface area contributed by atoms with Gasteiger partial charge in [0.15, 0.2) is 0 Å². The third-order valence-corrected chi connectivity index (χ3v) is 12.8. The van der Waals surface area contributed by atoms with Crippen molar-refractivity contribution in [3.63, 3.8) is 0 Å². The van der Waals surface area contributed by atoms with Crippen LogP contribution in [0.2, 0.25) is 0 Å². The third-order valence-electron chi connectivity index (χ3n) is 12.8. The lowest BCUT2D eigenvalue weighted by molar-refractivity contribution is -0.151. The van der Waals surface area contributed by atoms with E-state index in [0.29, 0.717) is 19.3 Å². The van der Waals surface area contributed by atoms with Crippen LogP contribution in [0.3, 0.4) is 0 Å². The minimum absolute atomic E-state index is 0.0542. The molecule has 0 aliphatic carbocycles. The summed E-state index contributed by atoms with van der Waals surface area (Å²) in [5, 5.41) is 23.8. The maximum absolute atomic E-state index is 13.2. The van der Waals surface area contributed by atoms with Crippen LogP contribution in [0.4, 0.5) is 0 Å². The fourth-order valence-electron chi connectivity index (χ4n) is 8.56. The first-order chi connectivity index (χ1) is 31.5. The molecule has 6 nitrogen and oxygen atoms in total. The smallest absolute Gasteiger partial charge is 0.306 e. The predicted molar refractivity (Wildman–Crippen MR) is 278 cm³/mol. The number of unbranched alkanes of at least 4 members (excludes halogenated alkanes) is 33. The zero-order valence-corrected chi connectivity index (χ0v) is 42.7. The quantitative estimate of drug-likeness (QED) is 0.0321. The van der Waals surface area contributed by atoms with Gasteiger partial charge in [-0.2, -0.15) is 0 Å². The van der Waals surface area contributed by atoms with Gasteiger partial charge in [-0.1, -0.05) is 275 Å². The molecule has 0 rings (SSSR count). The second-order valence-corrected chi connectivity index (χ2v) is 19.1. The minimum atomic E-state index is -0.798. The molecule has 0 saturated carbocycles. The van der Waals surface area contributed by atoms with E-state index in [9.17, 15) is 19.8 Å². The fraction of sp³-hybridized carbons (Fsp3) is 0.828. The average Bonchev–Trinajstić information content (AvgIpc) is 3.29. The Hall–Kier alpha value is -2.18. The highest BCUT2D eigenvalue weighted by Crippen LogP contribution is 2.18. The van der Waals surface area contributed by atoms with Crippen LogP contribution in [0.25, 0.3) is 0 Å². The molecule has 374 valence electrons. The first kappa shape index (κ1) is 61.8. The molecule has 64 heavy (non-hydrogen) atoms. The van der Waals surface area contributed by atoms with Crippen molar-refractivity contribution in [3.05, 3.63) is 48.6 Å². The highest BCUT2D eigenvalue weighted by Gasteiger charge is 2.24. The van der Waals surface area contributed by atoms with Crippen molar-refractivity contribution >= 4 is 11.9 Å². The molecule has 0 bridgehead atoms. The van der Waals surface area contributed by atoms with Gasteiger partial charge >= 0.3 is 5.97 Å². The number of allylic oxidation sites excluding steroid dienone is 8. The number of hydrogen-bond donors (Lipinski definition) is 3. The van der Waals surface area contributed by atoms with Crippen LogP contribution in [0.1, 0.15) is 284 Å². The zero-order valence-electron chi connectivity index (χ0n) is 42.7. The van der Waals surface area contributed by atoms with Crippen molar-refractivity contribution in [2.75, 3.05) is 6.61 Å². The van der Waals surface area contributed by atoms with Gasteiger partial charge in [0.1, 0.15) is 6.10 Å². The summed E-state index contributed by atoms with van der Waals surface area (Å²) in [6, 6.07) is -0.714. The lowest BCUT2D eigenvalue weighted by Crippen LogP contribution is -2.46. The fourth-order valence-corrected chi connectivity index (χ4v) is 8.56. The molecule has 3 atom stereocenters. The van der Waals surface area contributed by atoms with Gasteiger partial charge in [-0.05, 0) is 44.9 Å². The van der Waals surface area contributed by atoms with Crippen LogP contribution in [0.5, 0.6) is 0 Å². The van der Waals surface area contributed by atoms with E-state index in [2.05, 4.69) is 50.4 Å². The molecule has 0 radical (unpaired) electrons. The lowest BCUT2D eigenvalue weighted by atomic mass is 10.0. The highest BCUT2D eigenvalue weighted by molar-refractivity contribution is 5.77. The SMILES string of the molecule is CC/C=C/C=C/C=C/C=C\CCCCCC(CC(=O)NC(CO)C(O)CCCCCCCCCCCCCCCCCCC)OC(=O)CCCCCCCCCCCCCCCCC. The van der Waals surface area contributed by atoms with E-state index in [1.165, 1.54) is 167 Å². The summed E-state index contributed by atoms with van der Waals surface area (Å²) in [6.07, 6.45) is 63.2. The van der Waals surface area contributed by atoms with E-state index in [0.717, 1.165) is 70.6 Å². The summed E-state index contributed by atoms with van der Waals surface area (Å²) in [5.74, 6) is -0.502. The molecule has 0 fully saturated rings. The van der Waals surface area contributed by atoms with E-state index in [4.69, 9.17) is 4.74 Å². The molecule has 0 saturated heterocycles. The molecule has 1 amide bonds. The number of hydrogen-bond acceptors (Lipinski definition) is 5. The number of ether oxygens (including phenoxy) is 1. The zero-order chi connectivity index (χ0) is 46.7. The van der Waals surface area contributed by atoms with Gasteiger partial charge in [0.2, 0.25) is 5.91 Å². The normalized spacial score (nSPS) is 13.5. The van der Waals surface area contributed by atoms with Crippen LogP contribution in [0, 0.1) is 0 Å². The molecule has 6 heteroatoms. The number of amides is 1.